The van der Waals surface area contributed by atoms with Crippen molar-refractivity contribution in [3.63, 3.8) is 0 Å². The van der Waals surface area contributed by atoms with Gasteiger partial charge in [0.25, 0.3) is 5.91 Å². The molecule has 1 N–H and O–H groups in total. The van der Waals surface area contributed by atoms with Crippen LogP contribution in [0.2, 0.25) is 5.02 Å². The molecule has 9 heteroatoms. The molecule has 0 bridgehead atoms. The Hall–Kier alpha value is -2.84. The first-order valence-corrected chi connectivity index (χ1v) is 12.1. The Kier molecular flexibility index (Phi) is 6.76. The molecule has 0 radical (unpaired) electrons. The summed E-state index contributed by atoms with van der Waals surface area (Å²) in [5.41, 5.74) is 3.70. The van der Waals surface area contributed by atoms with Gasteiger partial charge >= 0.3 is 0 Å². The van der Waals surface area contributed by atoms with Crippen LogP contribution < -0.4 is 4.74 Å². The topological polar surface area (TPSA) is 83.0 Å². The molecule has 7 nitrogen and oxygen atoms in total. The number of rotatable bonds is 7. The van der Waals surface area contributed by atoms with Gasteiger partial charge in [-0.2, -0.15) is 15.1 Å². The van der Waals surface area contributed by atoms with Gasteiger partial charge in [-0.3, -0.25) is 10.2 Å². The van der Waals surface area contributed by atoms with Crippen LogP contribution in [-0.2, 0) is 4.79 Å². The van der Waals surface area contributed by atoms with E-state index in [1.165, 1.54) is 16.8 Å². The number of aromatic nitrogens is 1. The Morgan fingerprint density at radius 3 is 2.76 bits per heavy atom. The molecular weight excluding hydrogens is 458 g/mol. The lowest BCUT2D eigenvalue weighted by atomic mass is 10.1. The summed E-state index contributed by atoms with van der Waals surface area (Å²) < 4.78 is 7.55. The molecule has 2 aliphatic heterocycles. The van der Waals surface area contributed by atoms with E-state index < -0.39 is 5.91 Å². The van der Waals surface area contributed by atoms with Gasteiger partial charge in [-0.05, 0) is 74.4 Å². The van der Waals surface area contributed by atoms with Crippen molar-refractivity contribution < 1.29 is 9.53 Å². The number of thioether (sulfide) groups is 1. The molecule has 0 saturated carbocycles. The Morgan fingerprint density at radius 1 is 1.24 bits per heavy atom. The third-order valence-corrected chi connectivity index (χ3v) is 6.85. The highest BCUT2D eigenvalue weighted by atomic mass is 35.5. The van der Waals surface area contributed by atoms with E-state index in [9.17, 15) is 4.79 Å². The smallest absolute Gasteiger partial charge is 0.283 e. The van der Waals surface area contributed by atoms with Crippen molar-refractivity contribution in [3.05, 3.63) is 51.8 Å². The molecule has 2 aliphatic rings. The monoisotopic (exact) mass is 483 g/mol. The summed E-state index contributed by atoms with van der Waals surface area (Å²) >= 11 is 7.62. The van der Waals surface area contributed by atoms with Crippen molar-refractivity contribution in [1.29, 1.82) is 5.41 Å². The van der Waals surface area contributed by atoms with Crippen LogP contribution in [0.15, 0.2) is 39.9 Å². The van der Waals surface area contributed by atoms with E-state index in [1.807, 2.05) is 36.6 Å². The molecule has 4 rings (SSSR count). The van der Waals surface area contributed by atoms with Gasteiger partial charge in [-0.1, -0.05) is 31.4 Å². The molecule has 33 heavy (non-hydrogen) atoms. The van der Waals surface area contributed by atoms with Crippen LogP contribution in [0.3, 0.4) is 0 Å². The molecule has 0 unspecified atom stereocenters. The number of aliphatic imine (C=N–C) groups is 1. The molecule has 0 atom stereocenters. The average Bonchev–Trinajstić information content (AvgIpc) is 3.31. The molecule has 0 saturated heterocycles. The number of carbonyl (C=O) groups excluding carboxylic acids is 1. The lowest BCUT2D eigenvalue weighted by Crippen LogP contribution is -2.35. The second kappa shape index (κ2) is 9.57. The number of hydrazone groups is 1. The van der Waals surface area contributed by atoms with Gasteiger partial charge in [0.1, 0.15) is 10.8 Å². The SMILES string of the molecule is CCCCCC1=NN2C(=N)C(=Cc3cc(C)n(-c4cc(Cl)ccc4OC)c3C)C(=O)N=C2S1. The highest BCUT2D eigenvalue weighted by Crippen LogP contribution is 2.33. The van der Waals surface area contributed by atoms with Crippen LogP contribution in [0.1, 0.15) is 49.6 Å². The van der Waals surface area contributed by atoms with Crippen molar-refractivity contribution in [2.45, 2.75) is 46.5 Å². The van der Waals surface area contributed by atoms with Crippen LogP contribution in [-0.4, -0.2) is 38.6 Å². The molecule has 0 fully saturated rings. The number of benzene rings is 1. The van der Waals surface area contributed by atoms with Gasteiger partial charge in [0.15, 0.2) is 5.84 Å². The maximum Gasteiger partial charge on any atom is 0.283 e. The Labute approximate surface area is 202 Å². The molecular formula is C24H26ClN5O2S. The quantitative estimate of drug-likeness (QED) is 0.389. The second-order valence-electron chi connectivity index (χ2n) is 7.95. The van der Waals surface area contributed by atoms with Crippen molar-refractivity contribution >= 4 is 51.4 Å². The number of nitrogens with zero attached hydrogens (tertiary/aromatic N) is 4. The standard InChI is InChI=1S/C24H26ClN5O2S/c1-5-6-7-8-21-28-30-22(26)18(23(31)27-24(30)33-21)12-16-11-14(2)29(15(16)3)19-13-17(25)9-10-20(19)32-4/h9-13,26H,5-8H2,1-4H3. The van der Waals surface area contributed by atoms with Crippen molar-refractivity contribution in [2.24, 2.45) is 10.1 Å². The highest BCUT2D eigenvalue weighted by Gasteiger charge is 2.35. The number of halogens is 1. The average molecular weight is 484 g/mol. The number of methoxy groups -OCH3 is 1. The lowest BCUT2D eigenvalue weighted by molar-refractivity contribution is -0.114. The van der Waals surface area contributed by atoms with Crippen LogP contribution in [0, 0.1) is 19.3 Å². The normalized spacial score (nSPS) is 16.9. The minimum absolute atomic E-state index is 0.0492. The van der Waals surface area contributed by atoms with E-state index >= 15 is 0 Å². The van der Waals surface area contributed by atoms with Crippen molar-refractivity contribution in [1.82, 2.24) is 9.58 Å². The summed E-state index contributed by atoms with van der Waals surface area (Å²) in [7, 11) is 1.62. The fraction of sp³-hybridized carbons (Fsp3) is 0.333. The van der Waals surface area contributed by atoms with Gasteiger partial charge in [0, 0.05) is 16.4 Å². The summed E-state index contributed by atoms with van der Waals surface area (Å²) in [4.78, 5) is 17.0. The van der Waals surface area contributed by atoms with Crippen LogP contribution in [0.5, 0.6) is 5.75 Å². The summed E-state index contributed by atoms with van der Waals surface area (Å²) in [6.45, 7) is 6.09. The second-order valence-corrected chi connectivity index (χ2v) is 9.43. The van der Waals surface area contributed by atoms with Gasteiger partial charge in [0.2, 0.25) is 5.17 Å². The zero-order valence-electron chi connectivity index (χ0n) is 19.1. The minimum Gasteiger partial charge on any atom is -0.495 e. The van der Waals surface area contributed by atoms with Crippen molar-refractivity contribution in [3.8, 4) is 11.4 Å². The number of aryl methyl sites for hydroxylation is 1. The van der Waals surface area contributed by atoms with E-state index in [-0.39, 0.29) is 11.4 Å². The predicted octanol–water partition coefficient (Wildman–Crippen LogP) is 5.96. The molecule has 3 heterocycles. The highest BCUT2D eigenvalue weighted by molar-refractivity contribution is 8.26. The fourth-order valence-corrected chi connectivity index (χ4v) is 5.05. The molecule has 172 valence electrons. The van der Waals surface area contributed by atoms with Crippen molar-refractivity contribution in [2.75, 3.05) is 7.11 Å². The first-order chi connectivity index (χ1) is 15.8. The Morgan fingerprint density at radius 2 is 2.03 bits per heavy atom. The number of amidine groups is 2. The van der Waals surface area contributed by atoms with Crippen LogP contribution in [0.4, 0.5) is 0 Å². The summed E-state index contributed by atoms with van der Waals surface area (Å²) in [5.74, 6) is 0.317. The van der Waals surface area contributed by atoms with E-state index in [4.69, 9.17) is 21.7 Å². The molecule has 1 amide bonds. The molecule has 1 aromatic carbocycles. The third kappa shape index (κ3) is 4.50. The number of ether oxygens (including phenoxy) is 1. The number of amides is 1. The van der Waals surface area contributed by atoms with E-state index in [0.29, 0.717) is 15.9 Å². The third-order valence-electron chi connectivity index (χ3n) is 5.64. The maximum absolute atomic E-state index is 12.8. The summed E-state index contributed by atoms with van der Waals surface area (Å²) in [6, 6.07) is 7.43. The van der Waals surface area contributed by atoms with Crippen LogP contribution >= 0.6 is 23.4 Å². The first kappa shape index (κ1) is 23.3. The molecule has 0 spiro atoms. The number of nitrogens with one attached hydrogen (secondary N) is 1. The van der Waals surface area contributed by atoms with Gasteiger partial charge < -0.3 is 9.30 Å². The minimum atomic E-state index is -0.422. The summed E-state index contributed by atoms with van der Waals surface area (Å²) in [6.07, 6.45) is 5.84. The van der Waals surface area contributed by atoms with E-state index in [0.717, 1.165) is 53.4 Å². The predicted molar refractivity (Wildman–Crippen MR) is 136 cm³/mol. The van der Waals surface area contributed by atoms with Gasteiger partial charge in [-0.15, -0.1) is 0 Å². The first-order valence-electron chi connectivity index (χ1n) is 10.9. The number of fused-ring (bicyclic) bond motifs is 1. The lowest BCUT2D eigenvalue weighted by Gasteiger charge is -2.20. The summed E-state index contributed by atoms with van der Waals surface area (Å²) in [5, 5.41) is 16.6. The number of hydrogen-bond donors (Lipinski definition) is 1. The maximum atomic E-state index is 12.8. The zero-order valence-corrected chi connectivity index (χ0v) is 20.7. The molecule has 2 aromatic rings. The number of carbonyl (C=O) groups is 1. The fourth-order valence-electron chi connectivity index (χ4n) is 3.96. The van der Waals surface area contributed by atoms with E-state index in [2.05, 4.69) is 17.0 Å². The van der Waals surface area contributed by atoms with Gasteiger partial charge in [0.05, 0.1) is 18.4 Å². The van der Waals surface area contributed by atoms with Crippen LogP contribution in [0.25, 0.3) is 11.8 Å². The number of unbranched alkanes of at least 4 members (excludes halogenated alkanes) is 2. The Bertz CT molecular complexity index is 1230. The van der Waals surface area contributed by atoms with E-state index in [1.54, 1.807) is 19.3 Å². The zero-order chi connectivity index (χ0) is 23.7. The van der Waals surface area contributed by atoms with Gasteiger partial charge in [-0.25, -0.2) is 0 Å². The molecule has 1 aromatic heterocycles. The largest absolute Gasteiger partial charge is 0.495 e. The Balaban J connectivity index is 1.68. The number of hydrogen-bond acceptors (Lipinski definition) is 5. The molecule has 0 aliphatic carbocycles.